The monoisotopic (exact) mass is 658 g/mol. The molecule has 0 aliphatic carbocycles. The first kappa shape index (κ1) is 34.4. The van der Waals surface area contributed by atoms with Crippen molar-refractivity contribution in [2.75, 3.05) is 0 Å². The van der Waals surface area contributed by atoms with Crippen molar-refractivity contribution in [1.82, 2.24) is 0 Å². The number of hydrogen-bond donors (Lipinski definition) is 2. The average molecular weight is 659 g/mol. The molecule has 0 radical (unpaired) electrons. The molecule has 8 aromatic rings. The number of aromatic carboxylic acids is 2. The van der Waals surface area contributed by atoms with Crippen molar-refractivity contribution < 1.29 is 50.3 Å². The fourth-order valence-corrected chi connectivity index (χ4v) is 4.99. The summed E-state index contributed by atoms with van der Waals surface area (Å²) in [5, 5.41) is 27.5. The van der Waals surface area contributed by atoms with Gasteiger partial charge in [0, 0.05) is 0 Å². The first-order chi connectivity index (χ1) is 22.3. The Balaban J connectivity index is 0.000000142. The fourth-order valence-electron chi connectivity index (χ4n) is 4.99. The van der Waals surface area contributed by atoms with Crippen LogP contribution in [0.5, 0.6) is 0 Å². The Kier molecular flexibility index (Phi) is 11.9. The van der Waals surface area contributed by atoms with E-state index in [9.17, 15) is 18.4 Å². The third-order valence-corrected chi connectivity index (χ3v) is 7.23. The second-order valence-corrected chi connectivity index (χ2v) is 10.3. The van der Waals surface area contributed by atoms with E-state index in [2.05, 4.69) is 109 Å². The van der Waals surface area contributed by atoms with Gasteiger partial charge in [0.2, 0.25) is 0 Å². The van der Waals surface area contributed by atoms with Gasteiger partial charge in [-0.1, -0.05) is 72.8 Å². The molecule has 2 N–H and O–H groups in total. The number of carbonyl (C=O) groups is 2. The van der Waals surface area contributed by atoms with Crippen molar-refractivity contribution in [3.8, 4) is 0 Å². The van der Waals surface area contributed by atoms with E-state index in [0.717, 1.165) is 24.3 Å². The summed E-state index contributed by atoms with van der Waals surface area (Å²) < 4.78 is 24.3. The van der Waals surface area contributed by atoms with Crippen LogP contribution in [0.3, 0.4) is 0 Å². The van der Waals surface area contributed by atoms with Crippen molar-refractivity contribution in [1.29, 1.82) is 0 Å². The molecular formula is C40H28F2O4Ti. The van der Waals surface area contributed by atoms with Crippen LogP contribution in [0.15, 0.2) is 158 Å². The molecule has 0 bridgehead atoms. The number of halogens is 2. The maximum absolute atomic E-state index is 12.2. The molecule has 47 heavy (non-hydrogen) atoms. The number of hydrogen-bond acceptors (Lipinski definition) is 2. The van der Waals surface area contributed by atoms with Gasteiger partial charge in [-0.25, -0.2) is 18.4 Å². The molecule has 0 heterocycles. The molecule has 0 atom stereocenters. The zero-order valence-electron chi connectivity index (χ0n) is 25.0. The summed E-state index contributed by atoms with van der Waals surface area (Å²) in [6.07, 6.45) is 0. The van der Waals surface area contributed by atoms with Gasteiger partial charge in [0.1, 0.15) is 11.6 Å². The first-order valence-electron chi connectivity index (χ1n) is 14.3. The number of carboxylic acids is 2. The molecule has 0 aromatic heterocycles. The van der Waals surface area contributed by atoms with Crippen LogP contribution in [0.4, 0.5) is 8.78 Å². The van der Waals surface area contributed by atoms with Gasteiger partial charge >= 0.3 is 33.7 Å². The van der Waals surface area contributed by atoms with E-state index in [-0.39, 0.29) is 32.8 Å². The van der Waals surface area contributed by atoms with E-state index in [1.54, 1.807) is 0 Å². The molecule has 0 aliphatic heterocycles. The van der Waals surface area contributed by atoms with Crippen LogP contribution < -0.4 is 0 Å². The molecule has 8 aromatic carbocycles. The Morgan fingerprint density at radius 1 is 0.404 bits per heavy atom. The Morgan fingerprint density at radius 3 is 0.872 bits per heavy atom. The summed E-state index contributed by atoms with van der Waals surface area (Å²) in [4.78, 5) is 20.4. The van der Waals surface area contributed by atoms with Crippen molar-refractivity contribution in [3.63, 3.8) is 0 Å². The molecule has 0 saturated heterocycles. The standard InChI is InChI=1S/2C13H9.2C7H5FO2.Ti/c2*1-3-7-12-10(5-1)9-11-6-2-4-8-13(11)12;2*8-6-3-1-5(2-4-6)7(9)10;/h2*1-9H;2*1-4H,(H,9,10);/q2*-1;;;+2. The zero-order chi connectivity index (χ0) is 32.5. The summed E-state index contributed by atoms with van der Waals surface area (Å²) in [6.45, 7) is 0. The van der Waals surface area contributed by atoms with Gasteiger partial charge < -0.3 is 10.2 Å². The van der Waals surface area contributed by atoms with Crippen molar-refractivity contribution in [3.05, 3.63) is 180 Å². The Morgan fingerprint density at radius 2 is 0.638 bits per heavy atom. The van der Waals surface area contributed by atoms with Gasteiger partial charge in [0.25, 0.3) is 0 Å². The minimum Gasteiger partial charge on any atom is -0.478 e. The van der Waals surface area contributed by atoms with E-state index < -0.39 is 23.6 Å². The summed E-state index contributed by atoms with van der Waals surface area (Å²) in [5.41, 5.74) is 0.197. The zero-order valence-corrected chi connectivity index (χ0v) is 26.5. The minimum atomic E-state index is -1.04. The molecule has 0 unspecified atom stereocenters. The molecular weight excluding hydrogens is 630 g/mol. The summed E-state index contributed by atoms with van der Waals surface area (Å²) in [7, 11) is 0. The smallest absolute Gasteiger partial charge is 0.478 e. The van der Waals surface area contributed by atoms with Crippen LogP contribution in [0.25, 0.3) is 43.1 Å². The maximum atomic E-state index is 12.2. The molecule has 4 nitrogen and oxygen atoms in total. The van der Waals surface area contributed by atoms with E-state index in [0.29, 0.717) is 0 Å². The number of carboxylic acid groups (broad SMARTS) is 2. The SMILES string of the molecule is O=C(O)c1ccc(F)cc1.O=C(O)c1ccc(F)cc1.[Ti+2].c1ccc2c(c1)[cH-]c1ccccc12.c1ccc2c(c1)[cH-]c1ccccc12. The van der Waals surface area contributed by atoms with Crippen molar-refractivity contribution in [2.24, 2.45) is 0 Å². The average Bonchev–Trinajstić information content (AvgIpc) is 3.65. The largest absolute Gasteiger partial charge is 2.00 e. The number of rotatable bonds is 2. The predicted octanol–water partition coefficient (Wildman–Crippen LogP) is 10.5. The van der Waals surface area contributed by atoms with Gasteiger partial charge in [0.15, 0.2) is 0 Å². The third-order valence-electron chi connectivity index (χ3n) is 7.23. The molecule has 8 rings (SSSR count). The van der Waals surface area contributed by atoms with E-state index in [4.69, 9.17) is 10.2 Å². The van der Waals surface area contributed by atoms with E-state index in [1.165, 1.54) is 67.4 Å². The van der Waals surface area contributed by atoms with E-state index >= 15 is 0 Å². The van der Waals surface area contributed by atoms with Crippen molar-refractivity contribution >= 4 is 55.0 Å². The van der Waals surface area contributed by atoms with E-state index in [1.807, 2.05) is 0 Å². The van der Waals surface area contributed by atoms with Crippen molar-refractivity contribution in [2.45, 2.75) is 0 Å². The molecule has 0 aliphatic rings. The summed E-state index contributed by atoms with van der Waals surface area (Å²) in [5.74, 6) is -2.94. The van der Waals surface area contributed by atoms with Crippen LogP contribution in [0.1, 0.15) is 20.7 Å². The van der Waals surface area contributed by atoms with Gasteiger partial charge in [-0.3, -0.25) is 0 Å². The van der Waals surface area contributed by atoms with Crippen LogP contribution in [-0.4, -0.2) is 22.2 Å². The third kappa shape index (κ3) is 8.85. The summed E-state index contributed by atoms with van der Waals surface area (Å²) in [6, 6.07) is 47.9. The van der Waals surface area contributed by atoms with Gasteiger partial charge in [-0.2, -0.15) is 0 Å². The first-order valence-corrected chi connectivity index (χ1v) is 14.3. The molecule has 0 saturated carbocycles. The second-order valence-electron chi connectivity index (χ2n) is 10.3. The molecule has 230 valence electrons. The quantitative estimate of drug-likeness (QED) is 0.143. The van der Waals surface area contributed by atoms with Crippen LogP contribution >= 0.6 is 0 Å². The second kappa shape index (κ2) is 16.2. The summed E-state index contributed by atoms with van der Waals surface area (Å²) >= 11 is 0. The Labute approximate surface area is 284 Å². The predicted molar refractivity (Wildman–Crippen MR) is 181 cm³/mol. The van der Waals surface area contributed by atoms with Crippen LogP contribution in [0, 0.1) is 11.6 Å². The Hall–Kier alpha value is -5.43. The van der Waals surface area contributed by atoms with Crippen LogP contribution in [-0.2, 0) is 21.7 Å². The molecule has 7 heteroatoms. The van der Waals surface area contributed by atoms with Gasteiger partial charge in [-0.05, 0) is 48.5 Å². The minimum absolute atomic E-state index is 0. The maximum Gasteiger partial charge on any atom is 2.00 e. The Bertz CT molecular complexity index is 1970. The van der Waals surface area contributed by atoms with Gasteiger partial charge in [0.05, 0.1) is 11.1 Å². The topological polar surface area (TPSA) is 74.6 Å². The molecule has 0 amide bonds. The van der Waals surface area contributed by atoms with Gasteiger partial charge in [-0.15, -0.1) is 79.5 Å². The van der Waals surface area contributed by atoms with Crippen LogP contribution in [0.2, 0.25) is 0 Å². The normalized spacial score (nSPS) is 10.1. The number of fused-ring (bicyclic) bond motifs is 6. The molecule has 0 fully saturated rings. The number of benzene rings is 6. The molecule has 0 spiro atoms. The fraction of sp³-hybridized carbons (Fsp3) is 0.